The normalized spacial score (nSPS) is 10.6. The van der Waals surface area contributed by atoms with Crippen LogP contribution in [0.5, 0.6) is 5.75 Å². The number of aromatic hydroxyl groups is 1. The van der Waals surface area contributed by atoms with Crippen LogP contribution in [-0.4, -0.2) is 22.7 Å². The van der Waals surface area contributed by atoms with Crippen LogP contribution in [0.1, 0.15) is 22.5 Å². The van der Waals surface area contributed by atoms with Crippen molar-refractivity contribution in [1.82, 2.24) is 10.5 Å². The molecule has 1 aromatic heterocycles. The highest BCUT2D eigenvalue weighted by Crippen LogP contribution is 2.22. The van der Waals surface area contributed by atoms with Crippen LogP contribution in [0.3, 0.4) is 0 Å². The smallest absolute Gasteiger partial charge is 0.289 e. The van der Waals surface area contributed by atoms with Crippen LogP contribution in [0.15, 0.2) is 59.1 Å². The molecule has 0 saturated carbocycles. The van der Waals surface area contributed by atoms with Crippen LogP contribution >= 0.6 is 11.6 Å². The fraction of sp³-hybridized carbons (Fsp3) is 0.158. The Bertz CT molecular complexity index is 859. The molecule has 0 atom stereocenters. The number of aromatic nitrogens is 1. The van der Waals surface area contributed by atoms with E-state index in [4.69, 9.17) is 16.1 Å². The Morgan fingerprint density at radius 1 is 1.16 bits per heavy atom. The number of hydrogen-bond donors (Lipinski definition) is 2. The molecule has 0 aliphatic carbocycles. The zero-order valence-electron chi connectivity index (χ0n) is 13.4. The van der Waals surface area contributed by atoms with Gasteiger partial charge in [-0.25, -0.2) is 0 Å². The van der Waals surface area contributed by atoms with Gasteiger partial charge in [-0.2, -0.15) is 0 Å². The number of phenols is 1. The Labute approximate surface area is 150 Å². The SMILES string of the molecule is O=C(NCCCc1ccc(O)cc1)c1cc(-c2cccc(Cl)c2)no1. The average Bonchev–Trinajstić information content (AvgIpc) is 3.10. The second-order valence-corrected chi connectivity index (χ2v) is 6.05. The highest BCUT2D eigenvalue weighted by molar-refractivity contribution is 6.30. The highest BCUT2D eigenvalue weighted by Gasteiger charge is 2.13. The van der Waals surface area contributed by atoms with Crippen LogP contribution in [0, 0.1) is 0 Å². The van der Waals surface area contributed by atoms with Crippen molar-refractivity contribution < 1.29 is 14.4 Å². The van der Waals surface area contributed by atoms with Gasteiger partial charge in [0, 0.05) is 23.2 Å². The second kappa shape index (κ2) is 7.85. The summed E-state index contributed by atoms with van der Waals surface area (Å²) >= 11 is 5.96. The Hall–Kier alpha value is -2.79. The minimum absolute atomic E-state index is 0.166. The zero-order chi connectivity index (χ0) is 17.6. The first-order valence-corrected chi connectivity index (χ1v) is 8.28. The van der Waals surface area contributed by atoms with Gasteiger partial charge < -0.3 is 14.9 Å². The summed E-state index contributed by atoms with van der Waals surface area (Å²) in [6, 6.07) is 15.8. The molecule has 128 valence electrons. The van der Waals surface area contributed by atoms with Gasteiger partial charge in [0.1, 0.15) is 11.4 Å². The van der Waals surface area contributed by atoms with Crippen molar-refractivity contribution in [3.8, 4) is 17.0 Å². The molecule has 5 nitrogen and oxygen atoms in total. The molecule has 2 N–H and O–H groups in total. The van der Waals surface area contributed by atoms with Gasteiger partial charge in [0.25, 0.3) is 5.91 Å². The Morgan fingerprint density at radius 3 is 2.72 bits per heavy atom. The molecule has 2 aromatic carbocycles. The molecule has 0 spiro atoms. The van der Waals surface area contributed by atoms with Gasteiger partial charge in [0.2, 0.25) is 5.76 Å². The molecule has 0 unspecified atom stereocenters. The first-order valence-electron chi connectivity index (χ1n) is 7.90. The number of amides is 1. The van der Waals surface area contributed by atoms with Crippen molar-refractivity contribution in [3.05, 3.63) is 70.9 Å². The van der Waals surface area contributed by atoms with E-state index < -0.39 is 0 Å². The number of nitrogens with one attached hydrogen (secondary N) is 1. The molecule has 6 heteroatoms. The van der Waals surface area contributed by atoms with Crippen LogP contribution in [0.4, 0.5) is 0 Å². The van der Waals surface area contributed by atoms with Gasteiger partial charge in [-0.3, -0.25) is 4.79 Å². The van der Waals surface area contributed by atoms with Gasteiger partial charge in [0.05, 0.1) is 0 Å². The lowest BCUT2D eigenvalue weighted by Crippen LogP contribution is -2.24. The summed E-state index contributed by atoms with van der Waals surface area (Å²) < 4.78 is 5.12. The van der Waals surface area contributed by atoms with Crippen LogP contribution in [0.2, 0.25) is 5.02 Å². The van der Waals surface area contributed by atoms with E-state index >= 15 is 0 Å². The van der Waals surface area contributed by atoms with Crippen molar-refractivity contribution in [2.75, 3.05) is 6.54 Å². The Morgan fingerprint density at radius 2 is 1.96 bits per heavy atom. The topological polar surface area (TPSA) is 75.4 Å². The van der Waals surface area contributed by atoms with Crippen LogP contribution < -0.4 is 5.32 Å². The maximum atomic E-state index is 12.1. The summed E-state index contributed by atoms with van der Waals surface area (Å²) in [5.74, 6) is 0.115. The maximum absolute atomic E-state index is 12.1. The molecule has 1 heterocycles. The molecular weight excluding hydrogens is 340 g/mol. The number of benzene rings is 2. The summed E-state index contributed by atoms with van der Waals surface area (Å²) in [7, 11) is 0. The summed E-state index contributed by atoms with van der Waals surface area (Å²) in [5.41, 5.74) is 2.47. The fourth-order valence-electron chi connectivity index (χ4n) is 2.41. The number of nitrogens with zero attached hydrogens (tertiary/aromatic N) is 1. The lowest BCUT2D eigenvalue weighted by molar-refractivity contribution is 0.0916. The van der Waals surface area contributed by atoms with E-state index in [1.165, 1.54) is 0 Å². The largest absolute Gasteiger partial charge is 0.508 e. The van der Waals surface area contributed by atoms with Crippen molar-refractivity contribution in [2.45, 2.75) is 12.8 Å². The van der Waals surface area contributed by atoms with Crippen molar-refractivity contribution >= 4 is 17.5 Å². The first-order chi connectivity index (χ1) is 12.1. The van der Waals surface area contributed by atoms with E-state index in [2.05, 4.69) is 10.5 Å². The first kappa shape index (κ1) is 17.0. The van der Waals surface area contributed by atoms with Gasteiger partial charge in [-0.05, 0) is 42.7 Å². The third kappa shape index (κ3) is 4.61. The summed E-state index contributed by atoms with van der Waals surface area (Å²) in [5, 5.41) is 16.6. The standard InChI is InChI=1S/C19H17ClN2O3/c20-15-5-1-4-14(11-15)17-12-18(25-22-17)19(24)21-10-2-3-13-6-8-16(23)9-7-13/h1,4-9,11-12,23H,2-3,10H2,(H,21,24). The van der Waals surface area contributed by atoms with Crippen LogP contribution in [0.25, 0.3) is 11.3 Å². The predicted molar refractivity (Wildman–Crippen MR) is 95.7 cm³/mol. The number of aryl methyl sites for hydroxylation is 1. The molecule has 0 aliphatic rings. The quantitative estimate of drug-likeness (QED) is 0.653. The fourth-order valence-corrected chi connectivity index (χ4v) is 2.60. The minimum Gasteiger partial charge on any atom is -0.508 e. The summed E-state index contributed by atoms with van der Waals surface area (Å²) in [6.07, 6.45) is 1.59. The molecule has 3 aromatic rings. The average molecular weight is 357 g/mol. The van der Waals surface area contributed by atoms with Gasteiger partial charge in [-0.15, -0.1) is 0 Å². The summed E-state index contributed by atoms with van der Waals surface area (Å²) in [4.78, 5) is 12.1. The Balaban J connectivity index is 1.51. The van der Waals surface area contributed by atoms with Gasteiger partial charge in [-0.1, -0.05) is 41.0 Å². The summed E-state index contributed by atoms with van der Waals surface area (Å²) in [6.45, 7) is 0.521. The molecule has 0 aliphatic heterocycles. The van der Waals surface area contributed by atoms with Crippen LogP contribution in [-0.2, 0) is 6.42 Å². The molecule has 0 fully saturated rings. The molecule has 0 radical (unpaired) electrons. The van der Waals surface area contributed by atoms with Crippen molar-refractivity contribution in [2.24, 2.45) is 0 Å². The number of carbonyl (C=O) groups is 1. The molecule has 1 amide bonds. The second-order valence-electron chi connectivity index (χ2n) is 5.61. The molecular formula is C19H17ClN2O3. The third-order valence-electron chi connectivity index (χ3n) is 3.72. The lowest BCUT2D eigenvalue weighted by atomic mass is 10.1. The molecule has 0 saturated heterocycles. The van der Waals surface area contributed by atoms with Gasteiger partial charge in [0.15, 0.2) is 0 Å². The van der Waals surface area contributed by atoms with Gasteiger partial charge >= 0.3 is 0 Å². The number of rotatable bonds is 6. The zero-order valence-corrected chi connectivity index (χ0v) is 14.2. The minimum atomic E-state index is -0.300. The predicted octanol–water partition coefficient (Wildman–Crippen LogP) is 4.06. The maximum Gasteiger partial charge on any atom is 0.289 e. The number of hydrogen-bond acceptors (Lipinski definition) is 4. The van der Waals surface area contributed by atoms with E-state index in [9.17, 15) is 9.90 Å². The third-order valence-corrected chi connectivity index (χ3v) is 3.95. The van der Waals surface area contributed by atoms with E-state index in [0.29, 0.717) is 17.3 Å². The molecule has 25 heavy (non-hydrogen) atoms. The lowest BCUT2D eigenvalue weighted by Gasteiger charge is -2.03. The number of halogens is 1. The van der Waals surface area contributed by atoms with E-state index in [1.807, 2.05) is 24.3 Å². The molecule has 0 bridgehead atoms. The van der Waals surface area contributed by atoms with Crippen molar-refractivity contribution in [3.63, 3.8) is 0 Å². The van der Waals surface area contributed by atoms with E-state index in [-0.39, 0.29) is 17.4 Å². The molecule has 3 rings (SSSR count). The van der Waals surface area contributed by atoms with E-state index in [1.54, 1.807) is 30.3 Å². The Kier molecular flexibility index (Phi) is 5.36. The monoisotopic (exact) mass is 356 g/mol. The number of phenolic OH excluding ortho intramolecular Hbond substituents is 1. The number of carbonyl (C=O) groups excluding carboxylic acids is 1. The van der Waals surface area contributed by atoms with Crippen molar-refractivity contribution in [1.29, 1.82) is 0 Å². The highest BCUT2D eigenvalue weighted by atomic mass is 35.5. The van der Waals surface area contributed by atoms with E-state index in [0.717, 1.165) is 24.0 Å².